The number of rotatable bonds is 7. The van der Waals surface area contributed by atoms with Crippen molar-refractivity contribution in [3.63, 3.8) is 0 Å². The Bertz CT molecular complexity index is 536. The van der Waals surface area contributed by atoms with Crippen molar-refractivity contribution in [2.75, 3.05) is 13.1 Å². The Kier molecular flexibility index (Phi) is 7.74. The molecule has 0 amide bonds. The summed E-state index contributed by atoms with van der Waals surface area (Å²) in [6.07, 6.45) is 0.938. The van der Waals surface area contributed by atoms with E-state index in [2.05, 4.69) is 0 Å². The van der Waals surface area contributed by atoms with Crippen LogP contribution in [0.3, 0.4) is 0 Å². The molecule has 0 fully saturated rings. The Labute approximate surface area is 130 Å². The number of benzene rings is 1. The summed E-state index contributed by atoms with van der Waals surface area (Å²) >= 11 is 0. The third-order valence-electron chi connectivity index (χ3n) is 3.19. The smallest absolute Gasteiger partial charge is 0.273 e. The van der Waals surface area contributed by atoms with E-state index in [1.54, 1.807) is 12.1 Å². The molecule has 0 aliphatic heterocycles. The zero-order chi connectivity index (χ0) is 15.4. The van der Waals surface area contributed by atoms with Gasteiger partial charge in [0.05, 0.1) is 18.0 Å². The first-order chi connectivity index (χ1) is 9.22. The van der Waals surface area contributed by atoms with Crippen LogP contribution in [0, 0.1) is 0 Å². The lowest BCUT2D eigenvalue weighted by Gasteiger charge is -2.15. The Morgan fingerprint density at radius 3 is 2.24 bits per heavy atom. The lowest BCUT2D eigenvalue weighted by atomic mass is 9.99. The van der Waals surface area contributed by atoms with Crippen molar-refractivity contribution in [3.8, 4) is 0 Å². The van der Waals surface area contributed by atoms with E-state index in [0.29, 0.717) is 5.92 Å². The summed E-state index contributed by atoms with van der Waals surface area (Å²) in [4.78, 5) is -0.0302. The molecule has 0 radical (unpaired) electrons. The minimum absolute atomic E-state index is 0. The predicted octanol–water partition coefficient (Wildman–Crippen LogP) is 2.49. The zero-order valence-corrected chi connectivity index (χ0v) is 13.6. The fraction of sp³-hybridized carbons (Fsp3) is 0.538. The van der Waals surface area contributed by atoms with E-state index in [1.165, 1.54) is 12.1 Å². The second-order valence-electron chi connectivity index (χ2n) is 4.76. The molecule has 1 aromatic carbocycles. The summed E-state index contributed by atoms with van der Waals surface area (Å²) in [7, 11) is -3.94. The number of sulfonamides is 1. The van der Waals surface area contributed by atoms with Crippen molar-refractivity contribution in [2.45, 2.75) is 37.0 Å². The molecule has 0 aliphatic rings. The maximum absolute atomic E-state index is 13.0. The molecule has 8 heteroatoms. The second kappa shape index (κ2) is 8.03. The van der Waals surface area contributed by atoms with Crippen LogP contribution in [0.2, 0.25) is 0 Å². The monoisotopic (exact) mass is 342 g/mol. The number of halogens is 3. The molecule has 1 unspecified atom stereocenters. The second-order valence-corrected chi connectivity index (χ2v) is 6.53. The van der Waals surface area contributed by atoms with Gasteiger partial charge >= 0.3 is 0 Å². The molecule has 0 spiro atoms. The molecule has 0 aliphatic carbocycles. The van der Waals surface area contributed by atoms with Crippen LogP contribution in [-0.2, 0) is 10.0 Å². The van der Waals surface area contributed by atoms with Crippen molar-refractivity contribution in [2.24, 2.45) is 5.73 Å². The van der Waals surface area contributed by atoms with E-state index in [4.69, 9.17) is 5.73 Å². The highest BCUT2D eigenvalue weighted by Crippen LogP contribution is 2.20. The van der Waals surface area contributed by atoms with Crippen LogP contribution >= 0.6 is 12.4 Å². The van der Waals surface area contributed by atoms with E-state index in [-0.39, 0.29) is 17.3 Å². The third-order valence-corrected chi connectivity index (χ3v) is 4.61. The van der Waals surface area contributed by atoms with Gasteiger partial charge in [-0.3, -0.25) is 0 Å². The largest absolute Gasteiger partial charge is 0.325 e. The van der Waals surface area contributed by atoms with Crippen LogP contribution in [-0.4, -0.2) is 27.4 Å². The topological polar surface area (TPSA) is 72.2 Å². The molecule has 21 heavy (non-hydrogen) atoms. The zero-order valence-electron chi connectivity index (χ0n) is 12.0. The standard InChI is InChI=1S/C13H20F2N2O2S.ClH/c1-3-10(2)11-4-6-12(7-5-11)20(18,19)17-9-13(14,15)8-16;/h4-7,10,17H,3,8-9,16H2,1-2H3;1H. The Hall–Kier alpha value is -0.760. The average Bonchev–Trinajstić information content (AvgIpc) is 2.45. The van der Waals surface area contributed by atoms with Crippen LogP contribution < -0.4 is 10.5 Å². The highest BCUT2D eigenvalue weighted by atomic mass is 35.5. The average molecular weight is 343 g/mol. The Balaban J connectivity index is 0.00000400. The summed E-state index contributed by atoms with van der Waals surface area (Å²) in [5, 5.41) is 0. The number of alkyl halides is 2. The van der Waals surface area contributed by atoms with E-state index >= 15 is 0 Å². The summed E-state index contributed by atoms with van der Waals surface area (Å²) < 4.78 is 51.5. The molecule has 0 saturated heterocycles. The predicted molar refractivity (Wildman–Crippen MR) is 81.6 cm³/mol. The molecule has 1 atom stereocenters. The fourth-order valence-electron chi connectivity index (χ4n) is 1.57. The Morgan fingerprint density at radius 2 is 1.81 bits per heavy atom. The van der Waals surface area contributed by atoms with Gasteiger partial charge < -0.3 is 5.73 Å². The lowest BCUT2D eigenvalue weighted by Crippen LogP contribution is -2.41. The van der Waals surface area contributed by atoms with Gasteiger partial charge in [0.1, 0.15) is 0 Å². The minimum Gasteiger partial charge on any atom is -0.325 e. The highest BCUT2D eigenvalue weighted by molar-refractivity contribution is 7.89. The van der Waals surface area contributed by atoms with Crippen LogP contribution in [0.1, 0.15) is 31.7 Å². The first kappa shape index (κ1) is 20.2. The molecular formula is C13H21ClF2N2O2S. The maximum Gasteiger partial charge on any atom is 0.273 e. The molecule has 122 valence electrons. The summed E-state index contributed by atoms with van der Waals surface area (Å²) in [6.45, 7) is 2.16. The van der Waals surface area contributed by atoms with E-state index in [1.807, 2.05) is 18.6 Å². The summed E-state index contributed by atoms with van der Waals surface area (Å²) in [6, 6.07) is 6.24. The van der Waals surface area contributed by atoms with Gasteiger partial charge in [-0.15, -0.1) is 12.4 Å². The molecule has 0 heterocycles. The maximum atomic E-state index is 13.0. The molecule has 1 rings (SSSR count). The summed E-state index contributed by atoms with van der Waals surface area (Å²) in [5.74, 6) is -2.93. The highest BCUT2D eigenvalue weighted by Gasteiger charge is 2.29. The van der Waals surface area contributed by atoms with Gasteiger partial charge in [0.2, 0.25) is 10.0 Å². The number of hydrogen-bond acceptors (Lipinski definition) is 3. The quantitative estimate of drug-likeness (QED) is 0.799. The van der Waals surface area contributed by atoms with Gasteiger partial charge in [0.15, 0.2) is 0 Å². The van der Waals surface area contributed by atoms with E-state index in [0.717, 1.165) is 12.0 Å². The van der Waals surface area contributed by atoms with Gasteiger partial charge in [-0.05, 0) is 30.0 Å². The van der Waals surface area contributed by atoms with Gasteiger partial charge in [-0.1, -0.05) is 26.0 Å². The first-order valence-corrected chi connectivity index (χ1v) is 7.87. The normalized spacial score (nSPS) is 13.6. The van der Waals surface area contributed by atoms with Crippen LogP contribution in [0.5, 0.6) is 0 Å². The fourth-order valence-corrected chi connectivity index (χ4v) is 2.63. The van der Waals surface area contributed by atoms with Crippen molar-refractivity contribution in [1.82, 2.24) is 4.72 Å². The molecule has 1 aromatic rings. The van der Waals surface area contributed by atoms with Gasteiger partial charge in [-0.25, -0.2) is 21.9 Å². The Morgan fingerprint density at radius 1 is 1.29 bits per heavy atom. The molecule has 0 saturated carbocycles. The molecular weight excluding hydrogens is 322 g/mol. The van der Waals surface area contributed by atoms with Crippen molar-refractivity contribution in [1.29, 1.82) is 0 Å². The molecule has 3 N–H and O–H groups in total. The van der Waals surface area contributed by atoms with Gasteiger partial charge in [-0.2, -0.15) is 0 Å². The first-order valence-electron chi connectivity index (χ1n) is 6.39. The van der Waals surface area contributed by atoms with Gasteiger partial charge in [0.25, 0.3) is 5.92 Å². The van der Waals surface area contributed by atoms with Crippen LogP contribution in [0.15, 0.2) is 29.2 Å². The van der Waals surface area contributed by atoms with Crippen LogP contribution in [0.25, 0.3) is 0 Å². The van der Waals surface area contributed by atoms with Crippen molar-refractivity contribution >= 4 is 22.4 Å². The summed E-state index contributed by atoms with van der Waals surface area (Å²) in [5.41, 5.74) is 5.87. The SMILES string of the molecule is CCC(C)c1ccc(S(=O)(=O)NCC(F)(F)CN)cc1.Cl. The third kappa shape index (κ3) is 5.86. The molecule has 0 aromatic heterocycles. The number of nitrogens with one attached hydrogen (secondary N) is 1. The van der Waals surface area contributed by atoms with Crippen molar-refractivity contribution in [3.05, 3.63) is 29.8 Å². The van der Waals surface area contributed by atoms with Crippen LogP contribution in [0.4, 0.5) is 8.78 Å². The number of nitrogens with two attached hydrogens (primary N) is 1. The van der Waals surface area contributed by atoms with Crippen molar-refractivity contribution < 1.29 is 17.2 Å². The molecule has 0 bridgehead atoms. The molecule has 4 nitrogen and oxygen atoms in total. The van der Waals surface area contributed by atoms with Gasteiger partial charge in [0, 0.05) is 0 Å². The van der Waals surface area contributed by atoms with E-state index < -0.39 is 29.0 Å². The lowest BCUT2D eigenvalue weighted by molar-refractivity contribution is 0.0170. The minimum atomic E-state index is -3.94. The number of hydrogen-bond donors (Lipinski definition) is 2. The van der Waals surface area contributed by atoms with E-state index in [9.17, 15) is 17.2 Å².